The molecule has 92 valence electrons. The molecule has 0 unspecified atom stereocenters. The van der Waals surface area contributed by atoms with Crippen LogP contribution in [0.1, 0.15) is 30.7 Å². The Balaban J connectivity index is 1.78. The first-order valence-electron chi connectivity index (χ1n) is 6.05. The van der Waals surface area contributed by atoms with Gasteiger partial charge in [0.2, 0.25) is 5.91 Å². The van der Waals surface area contributed by atoms with Crippen molar-refractivity contribution >= 4 is 17.2 Å². The van der Waals surface area contributed by atoms with E-state index in [4.69, 9.17) is 0 Å². The van der Waals surface area contributed by atoms with Crippen molar-refractivity contribution < 1.29 is 4.79 Å². The molecule has 1 amide bonds. The van der Waals surface area contributed by atoms with Gasteiger partial charge in [-0.2, -0.15) is 0 Å². The van der Waals surface area contributed by atoms with Crippen LogP contribution in [0.3, 0.4) is 0 Å². The number of carbonyl (C=O) groups excluding carboxylic acids is 1. The highest BCUT2D eigenvalue weighted by atomic mass is 32.1. The standard InChI is InChI=1S/C11H16N4OS/c16-9-6-11(2-1-3-11)15(5-4-12-9)7-10-14-13-8-17-10/h8H,1-7H2,(H,12,16). The summed E-state index contributed by atoms with van der Waals surface area (Å²) in [4.78, 5) is 14.1. The van der Waals surface area contributed by atoms with Crippen molar-refractivity contribution in [1.29, 1.82) is 0 Å². The molecule has 1 saturated carbocycles. The molecule has 2 heterocycles. The molecule has 1 spiro atoms. The average Bonchev–Trinajstić information content (AvgIpc) is 2.68. The van der Waals surface area contributed by atoms with Crippen molar-refractivity contribution in [1.82, 2.24) is 20.4 Å². The summed E-state index contributed by atoms with van der Waals surface area (Å²) in [6, 6.07) is 0. The van der Waals surface area contributed by atoms with Crippen LogP contribution in [0.15, 0.2) is 5.51 Å². The predicted octanol–water partition coefficient (Wildman–Crippen LogP) is 0.783. The maximum atomic E-state index is 11.7. The lowest BCUT2D eigenvalue weighted by Gasteiger charge is -2.48. The van der Waals surface area contributed by atoms with Gasteiger partial charge in [-0.15, -0.1) is 21.5 Å². The van der Waals surface area contributed by atoms with Crippen molar-refractivity contribution in [3.63, 3.8) is 0 Å². The zero-order valence-corrected chi connectivity index (χ0v) is 10.5. The molecular weight excluding hydrogens is 236 g/mol. The summed E-state index contributed by atoms with van der Waals surface area (Å²) in [5, 5.41) is 12.0. The summed E-state index contributed by atoms with van der Waals surface area (Å²) in [6.07, 6.45) is 4.16. The minimum Gasteiger partial charge on any atom is -0.355 e. The number of nitrogens with zero attached hydrogens (tertiary/aromatic N) is 3. The predicted molar refractivity (Wildman–Crippen MR) is 64.5 cm³/mol. The summed E-state index contributed by atoms with van der Waals surface area (Å²) in [7, 11) is 0. The van der Waals surface area contributed by atoms with Gasteiger partial charge in [-0.3, -0.25) is 9.69 Å². The number of hydrogen-bond donors (Lipinski definition) is 1. The Bertz CT molecular complexity index is 402. The van der Waals surface area contributed by atoms with E-state index >= 15 is 0 Å². The van der Waals surface area contributed by atoms with Crippen molar-refractivity contribution in [2.45, 2.75) is 37.8 Å². The Morgan fingerprint density at radius 1 is 1.53 bits per heavy atom. The van der Waals surface area contributed by atoms with Crippen LogP contribution in [-0.2, 0) is 11.3 Å². The third kappa shape index (κ3) is 2.07. The van der Waals surface area contributed by atoms with Crippen LogP contribution in [0.5, 0.6) is 0 Å². The highest BCUT2D eigenvalue weighted by Gasteiger charge is 2.45. The van der Waals surface area contributed by atoms with E-state index in [0.29, 0.717) is 6.42 Å². The second-order valence-electron chi connectivity index (χ2n) is 4.86. The van der Waals surface area contributed by atoms with Gasteiger partial charge in [-0.25, -0.2) is 0 Å². The summed E-state index contributed by atoms with van der Waals surface area (Å²) in [6.45, 7) is 2.50. The smallest absolute Gasteiger partial charge is 0.221 e. The molecule has 0 bridgehead atoms. The summed E-state index contributed by atoms with van der Waals surface area (Å²) in [5.41, 5.74) is 1.87. The van der Waals surface area contributed by atoms with Crippen LogP contribution in [-0.4, -0.2) is 39.6 Å². The summed E-state index contributed by atoms with van der Waals surface area (Å²) >= 11 is 1.59. The normalized spacial score (nSPS) is 24.1. The molecule has 2 fully saturated rings. The topological polar surface area (TPSA) is 58.1 Å². The van der Waals surface area contributed by atoms with E-state index in [1.165, 1.54) is 6.42 Å². The van der Waals surface area contributed by atoms with Crippen LogP contribution in [0, 0.1) is 0 Å². The van der Waals surface area contributed by atoms with Gasteiger partial charge in [0.15, 0.2) is 0 Å². The molecule has 2 aliphatic rings. The highest BCUT2D eigenvalue weighted by molar-refractivity contribution is 7.09. The summed E-state index contributed by atoms with van der Waals surface area (Å²) in [5.74, 6) is 0.199. The molecule has 1 aliphatic carbocycles. The number of nitrogens with one attached hydrogen (secondary N) is 1. The minimum absolute atomic E-state index is 0.103. The zero-order chi connectivity index (χ0) is 11.7. The largest absolute Gasteiger partial charge is 0.355 e. The molecule has 0 atom stereocenters. The molecule has 5 nitrogen and oxygen atoms in total. The molecule has 17 heavy (non-hydrogen) atoms. The van der Waals surface area contributed by atoms with Gasteiger partial charge in [-0.05, 0) is 19.3 Å². The van der Waals surface area contributed by atoms with E-state index in [1.54, 1.807) is 16.8 Å². The maximum Gasteiger partial charge on any atom is 0.221 e. The maximum absolute atomic E-state index is 11.7. The fourth-order valence-corrected chi connectivity index (χ4v) is 3.33. The molecule has 1 N–H and O–H groups in total. The van der Waals surface area contributed by atoms with Crippen LogP contribution in [0.2, 0.25) is 0 Å². The van der Waals surface area contributed by atoms with Gasteiger partial charge in [0.05, 0.1) is 6.54 Å². The lowest BCUT2D eigenvalue weighted by Crippen LogP contribution is -2.53. The van der Waals surface area contributed by atoms with Crippen LogP contribution < -0.4 is 5.32 Å². The third-order valence-electron chi connectivity index (χ3n) is 3.88. The van der Waals surface area contributed by atoms with Gasteiger partial charge in [-0.1, -0.05) is 0 Å². The minimum atomic E-state index is 0.103. The Morgan fingerprint density at radius 2 is 2.41 bits per heavy atom. The lowest BCUT2D eigenvalue weighted by molar-refractivity contribution is -0.124. The van der Waals surface area contributed by atoms with Crippen LogP contribution in [0.4, 0.5) is 0 Å². The van der Waals surface area contributed by atoms with Crippen molar-refractivity contribution in [3.05, 3.63) is 10.5 Å². The molecule has 1 aromatic rings. The quantitative estimate of drug-likeness (QED) is 0.845. The van der Waals surface area contributed by atoms with E-state index in [9.17, 15) is 4.79 Å². The fourth-order valence-electron chi connectivity index (χ4n) is 2.79. The van der Waals surface area contributed by atoms with Gasteiger partial charge in [0, 0.05) is 25.0 Å². The van der Waals surface area contributed by atoms with E-state index in [-0.39, 0.29) is 11.4 Å². The van der Waals surface area contributed by atoms with E-state index in [2.05, 4.69) is 20.4 Å². The average molecular weight is 252 g/mol. The SMILES string of the molecule is O=C1CC2(CCC2)N(Cc2nncs2)CCN1. The van der Waals surface area contributed by atoms with Crippen LogP contribution in [0.25, 0.3) is 0 Å². The third-order valence-corrected chi connectivity index (χ3v) is 4.56. The second-order valence-corrected chi connectivity index (χ2v) is 5.78. The first-order valence-corrected chi connectivity index (χ1v) is 6.93. The molecular formula is C11H16N4OS. The molecule has 0 radical (unpaired) electrons. The fraction of sp³-hybridized carbons (Fsp3) is 0.727. The number of amides is 1. The molecule has 1 aliphatic heterocycles. The van der Waals surface area contributed by atoms with Gasteiger partial charge in [0.1, 0.15) is 10.5 Å². The Morgan fingerprint density at radius 3 is 3.06 bits per heavy atom. The summed E-state index contributed by atoms with van der Waals surface area (Å²) < 4.78 is 0. The molecule has 0 aromatic carbocycles. The second kappa shape index (κ2) is 4.34. The Labute approximate surface area is 104 Å². The molecule has 6 heteroatoms. The first kappa shape index (κ1) is 11.1. The van der Waals surface area contributed by atoms with Crippen molar-refractivity contribution in [2.24, 2.45) is 0 Å². The molecule has 3 rings (SSSR count). The number of carbonyl (C=O) groups is 1. The van der Waals surface area contributed by atoms with Crippen LogP contribution >= 0.6 is 11.3 Å². The van der Waals surface area contributed by atoms with Gasteiger partial charge < -0.3 is 5.32 Å². The molecule has 1 aromatic heterocycles. The Kier molecular flexibility index (Phi) is 2.84. The number of aromatic nitrogens is 2. The van der Waals surface area contributed by atoms with Gasteiger partial charge in [0.25, 0.3) is 0 Å². The van der Waals surface area contributed by atoms with E-state index < -0.39 is 0 Å². The number of rotatable bonds is 2. The van der Waals surface area contributed by atoms with E-state index in [0.717, 1.165) is 37.5 Å². The van der Waals surface area contributed by atoms with E-state index in [1.807, 2.05) is 0 Å². The monoisotopic (exact) mass is 252 g/mol. The first-order chi connectivity index (χ1) is 8.28. The van der Waals surface area contributed by atoms with Gasteiger partial charge >= 0.3 is 0 Å². The Hall–Kier alpha value is -1.01. The lowest BCUT2D eigenvalue weighted by atomic mass is 9.73. The highest BCUT2D eigenvalue weighted by Crippen LogP contribution is 2.42. The van der Waals surface area contributed by atoms with Crippen molar-refractivity contribution in [2.75, 3.05) is 13.1 Å². The number of hydrogen-bond acceptors (Lipinski definition) is 5. The zero-order valence-electron chi connectivity index (χ0n) is 9.69. The van der Waals surface area contributed by atoms with Crippen molar-refractivity contribution in [3.8, 4) is 0 Å². The molecule has 1 saturated heterocycles.